The predicted molar refractivity (Wildman–Crippen MR) is 181 cm³/mol. The lowest BCUT2D eigenvalue weighted by atomic mass is 9.88. The highest BCUT2D eigenvalue weighted by molar-refractivity contribution is 6.65. The number of piperazine rings is 1. The molecule has 4 rings (SSSR count). The Balaban J connectivity index is 0.000000324. The molecule has 3 aromatic rings. The summed E-state index contributed by atoms with van der Waals surface area (Å²) < 4.78 is 0. The molecular weight excluding hydrogens is 640 g/mol. The fourth-order valence-corrected chi connectivity index (χ4v) is 4.64. The van der Waals surface area contributed by atoms with E-state index in [1.165, 1.54) is 45.0 Å². The van der Waals surface area contributed by atoms with Crippen LogP contribution in [0.25, 0.3) is 0 Å². The molecule has 48 heavy (non-hydrogen) atoms. The van der Waals surface area contributed by atoms with Crippen LogP contribution >= 0.6 is 11.6 Å². The molecule has 0 aromatic heterocycles. The molecule has 1 aliphatic heterocycles. The van der Waals surface area contributed by atoms with E-state index in [1.807, 2.05) is 24.3 Å². The van der Waals surface area contributed by atoms with Crippen molar-refractivity contribution in [1.82, 2.24) is 10.2 Å². The molecule has 0 saturated carbocycles. The number of anilines is 2. The van der Waals surface area contributed by atoms with E-state index in [0.29, 0.717) is 18.8 Å². The van der Waals surface area contributed by atoms with Crippen molar-refractivity contribution < 1.29 is 33.9 Å². The van der Waals surface area contributed by atoms with Gasteiger partial charge in [-0.05, 0) is 48.5 Å². The molecular formula is C34H37ClN6O7. The first-order valence-corrected chi connectivity index (χ1v) is 15.2. The molecule has 14 heteroatoms. The maximum absolute atomic E-state index is 13.0. The lowest BCUT2D eigenvalue weighted by Gasteiger charge is -2.35. The van der Waals surface area contributed by atoms with E-state index >= 15 is 0 Å². The fraction of sp³-hybridized carbons (Fsp3) is 0.265. The maximum Gasteiger partial charge on any atom is 0.323 e. The highest BCUT2D eigenvalue weighted by Crippen LogP contribution is 2.20. The number of benzene rings is 3. The zero-order chi connectivity index (χ0) is 35.6. The van der Waals surface area contributed by atoms with E-state index in [9.17, 15) is 33.9 Å². The molecule has 5 N–H and O–H groups in total. The number of hydrogen-bond acceptors (Lipinski definition) is 8. The molecule has 1 saturated heterocycles. The van der Waals surface area contributed by atoms with Crippen molar-refractivity contribution in [2.75, 3.05) is 42.5 Å². The molecule has 0 bridgehead atoms. The number of amidine groups is 1. The molecule has 13 nitrogen and oxygen atoms in total. The number of para-hydroxylation sites is 1. The van der Waals surface area contributed by atoms with Gasteiger partial charge in [0.2, 0.25) is 5.78 Å². The van der Waals surface area contributed by atoms with Crippen LogP contribution < -0.4 is 20.9 Å². The summed E-state index contributed by atoms with van der Waals surface area (Å²) in [5.74, 6) is -5.73. The van der Waals surface area contributed by atoms with Crippen molar-refractivity contribution in [3.8, 4) is 0 Å². The minimum absolute atomic E-state index is 0.0729. The Morgan fingerprint density at radius 1 is 0.875 bits per heavy atom. The normalized spacial score (nSPS) is 12.6. The Morgan fingerprint density at radius 2 is 1.46 bits per heavy atom. The van der Waals surface area contributed by atoms with Crippen molar-refractivity contribution in [3.63, 3.8) is 0 Å². The second kappa shape index (κ2) is 16.3. The van der Waals surface area contributed by atoms with Gasteiger partial charge in [0.1, 0.15) is 12.4 Å². The van der Waals surface area contributed by atoms with Gasteiger partial charge in [-0.25, -0.2) is 4.79 Å². The van der Waals surface area contributed by atoms with Crippen LogP contribution in [0.3, 0.4) is 0 Å². The van der Waals surface area contributed by atoms with Crippen molar-refractivity contribution in [2.45, 2.75) is 20.8 Å². The molecule has 0 spiro atoms. The number of nitrogens with two attached hydrogens (primary N) is 1. The van der Waals surface area contributed by atoms with E-state index < -0.39 is 47.1 Å². The van der Waals surface area contributed by atoms with Crippen LogP contribution in [0.5, 0.6) is 0 Å². The van der Waals surface area contributed by atoms with Crippen LogP contribution in [0.15, 0.2) is 78.9 Å². The Morgan fingerprint density at radius 3 is 2.00 bits per heavy atom. The molecule has 0 atom stereocenters. The van der Waals surface area contributed by atoms with Crippen LogP contribution in [-0.4, -0.2) is 83.9 Å². The highest BCUT2D eigenvalue weighted by Gasteiger charge is 2.33. The number of ketones is 2. The number of Topliss-reactive ketones (excluding diaryl/α,β-unsaturated/α-hetero) is 2. The number of carbonyl (C=O) groups excluding carboxylic acids is 5. The zero-order valence-electron chi connectivity index (χ0n) is 26.7. The predicted octanol–water partition coefficient (Wildman–Crippen LogP) is 3.58. The summed E-state index contributed by atoms with van der Waals surface area (Å²) in [5.41, 5.74) is 5.86. The van der Waals surface area contributed by atoms with E-state index in [4.69, 9.17) is 22.7 Å². The van der Waals surface area contributed by atoms with Gasteiger partial charge < -0.3 is 26.0 Å². The van der Waals surface area contributed by atoms with Gasteiger partial charge in [0.05, 0.1) is 0 Å². The zero-order valence-corrected chi connectivity index (χ0v) is 27.5. The minimum atomic E-state index is -1.27. The molecule has 0 aliphatic carbocycles. The van der Waals surface area contributed by atoms with Gasteiger partial charge in [0.15, 0.2) is 0 Å². The van der Waals surface area contributed by atoms with Gasteiger partial charge in [-0.3, -0.25) is 34.3 Å². The van der Waals surface area contributed by atoms with E-state index in [-0.39, 0.29) is 17.2 Å². The van der Waals surface area contributed by atoms with E-state index in [2.05, 4.69) is 10.2 Å². The molecule has 4 amide bonds. The van der Waals surface area contributed by atoms with Crippen LogP contribution in [0.1, 0.15) is 36.7 Å². The Bertz CT molecular complexity index is 1680. The monoisotopic (exact) mass is 676 g/mol. The Kier molecular flexibility index (Phi) is 12.5. The summed E-state index contributed by atoms with van der Waals surface area (Å²) >= 11 is 5.83. The number of nitrogens with one attached hydrogen (secondary N) is 2. The van der Waals surface area contributed by atoms with Gasteiger partial charge in [-0.2, -0.15) is 0 Å². The molecule has 1 aliphatic rings. The lowest BCUT2D eigenvalue weighted by molar-refractivity contribution is -0.147. The third kappa shape index (κ3) is 10.2. The summed E-state index contributed by atoms with van der Waals surface area (Å²) in [6.45, 7) is 6.89. The number of carboxylic acids is 1. The van der Waals surface area contributed by atoms with Crippen LogP contribution in [-0.2, 0) is 19.2 Å². The van der Waals surface area contributed by atoms with Crippen LogP contribution in [0.2, 0.25) is 5.02 Å². The van der Waals surface area contributed by atoms with Gasteiger partial charge in [0, 0.05) is 59.1 Å². The van der Waals surface area contributed by atoms with Crippen LogP contribution in [0.4, 0.5) is 16.2 Å². The Labute approximate surface area is 282 Å². The van der Waals surface area contributed by atoms with Crippen molar-refractivity contribution in [3.05, 3.63) is 95.0 Å². The third-order valence-electron chi connectivity index (χ3n) is 7.12. The molecule has 3 aromatic carbocycles. The smallest absolute Gasteiger partial charge is 0.323 e. The largest absolute Gasteiger partial charge is 0.480 e. The second-order valence-corrected chi connectivity index (χ2v) is 12.2. The minimum Gasteiger partial charge on any atom is -0.480 e. The number of carboxylic acid groups (broad SMARTS) is 1. The standard InChI is InChI=1S/C23H23N3O6.C11H14ClN3O/c1-23(2,3)19(30)18(29)21(31)25-20(24)14-8-7-9-15(12-14)22(32)26(13-17(27)28)16-10-5-4-6-11-16;12-9-1-3-10(4-2-9)14-5-7-15(8-6-14)11(13)16/h4-12H,13H2,1-3H3,(H,27,28)(H2,24,25,31);1-4H,5-8H2,(H2,13,16). The highest BCUT2D eigenvalue weighted by atomic mass is 35.5. The number of rotatable bonds is 8. The fourth-order valence-electron chi connectivity index (χ4n) is 4.51. The maximum atomic E-state index is 13.0. The number of hydrogen-bond donors (Lipinski definition) is 4. The summed E-state index contributed by atoms with van der Waals surface area (Å²) in [6, 6.07) is 21.2. The number of carbonyl (C=O) groups is 6. The second-order valence-electron chi connectivity index (χ2n) is 11.7. The van der Waals surface area contributed by atoms with Crippen molar-refractivity contribution >= 4 is 64.2 Å². The molecule has 252 valence electrons. The average Bonchev–Trinajstić information content (AvgIpc) is 3.06. The first-order chi connectivity index (χ1) is 22.6. The summed E-state index contributed by atoms with van der Waals surface area (Å²) in [4.78, 5) is 76.2. The van der Waals surface area contributed by atoms with Gasteiger partial charge in [-0.15, -0.1) is 0 Å². The topological polar surface area (TPSA) is 194 Å². The summed E-state index contributed by atoms with van der Waals surface area (Å²) in [7, 11) is 0. The quantitative estimate of drug-likeness (QED) is 0.120. The van der Waals surface area contributed by atoms with E-state index in [0.717, 1.165) is 28.7 Å². The molecule has 0 unspecified atom stereocenters. The number of amides is 4. The van der Waals surface area contributed by atoms with Gasteiger partial charge in [-0.1, -0.05) is 62.7 Å². The van der Waals surface area contributed by atoms with Crippen LogP contribution in [0, 0.1) is 10.8 Å². The Hall–Kier alpha value is -5.56. The number of nitrogens with zero attached hydrogens (tertiary/aromatic N) is 3. The number of halogens is 1. The van der Waals surface area contributed by atoms with E-state index in [1.54, 1.807) is 35.2 Å². The first kappa shape index (κ1) is 36.9. The van der Waals surface area contributed by atoms with Gasteiger partial charge >= 0.3 is 17.9 Å². The number of aliphatic carboxylic acids is 1. The number of primary amides is 1. The molecule has 1 fully saturated rings. The van der Waals surface area contributed by atoms with Crippen molar-refractivity contribution in [2.24, 2.45) is 11.1 Å². The summed E-state index contributed by atoms with van der Waals surface area (Å²) in [6.07, 6.45) is 0. The average molecular weight is 677 g/mol. The van der Waals surface area contributed by atoms with Gasteiger partial charge in [0.25, 0.3) is 11.7 Å². The third-order valence-corrected chi connectivity index (χ3v) is 7.37. The summed E-state index contributed by atoms with van der Waals surface area (Å²) in [5, 5.41) is 20.1. The molecule has 1 heterocycles. The molecule has 0 radical (unpaired) electrons. The first-order valence-electron chi connectivity index (χ1n) is 14.8. The number of urea groups is 1. The van der Waals surface area contributed by atoms with Crippen molar-refractivity contribution in [1.29, 1.82) is 5.41 Å². The lowest BCUT2D eigenvalue weighted by Crippen LogP contribution is -2.50. The SMILES string of the molecule is CC(C)(C)C(=O)C(=O)C(=O)NC(=N)c1cccc(C(=O)N(CC(=O)O)c2ccccc2)c1.NC(=O)N1CCN(c2ccc(Cl)cc2)CC1.